The van der Waals surface area contributed by atoms with Crippen molar-refractivity contribution >= 4 is 23.8 Å². The minimum Gasteiger partial charge on any atom is -0.480 e. The summed E-state index contributed by atoms with van der Waals surface area (Å²) >= 11 is 1.81. The average Bonchev–Trinajstić information content (AvgIpc) is 2.51. The van der Waals surface area contributed by atoms with E-state index in [1.54, 1.807) is 13.8 Å². The molecule has 2 amide bonds. The fraction of sp³-hybridized carbons (Fsp3) is 0.867. The van der Waals surface area contributed by atoms with E-state index in [9.17, 15) is 14.7 Å². The Morgan fingerprint density at radius 2 is 1.76 bits per heavy atom. The molecule has 0 unspecified atom stereocenters. The number of urea groups is 1. The first-order valence-electron chi connectivity index (χ1n) is 7.78. The lowest BCUT2D eigenvalue weighted by molar-refractivity contribution is -0.144. The van der Waals surface area contributed by atoms with Crippen LogP contribution in [0.3, 0.4) is 0 Å². The fourth-order valence-electron chi connectivity index (χ4n) is 2.93. The fourth-order valence-corrected chi connectivity index (χ4v) is 3.85. The first-order valence-corrected chi connectivity index (χ1v) is 9.00. The second-order valence-electron chi connectivity index (χ2n) is 5.85. The molecule has 3 N–H and O–H groups in total. The van der Waals surface area contributed by atoms with Gasteiger partial charge in [0.1, 0.15) is 5.54 Å². The van der Waals surface area contributed by atoms with Crippen molar-refractivity contribution in [3.8, 4) is 0 Å². The van der Waals surface area contributed by atoms with Crippen LogP contribution in [0.15, 0.2) is 0 Å². The second-order valence-corrected chi connectivity index (χ2v) is 7.12. The second kappa shape index (κ2) is 7.92. The number of hydrogen-bond donors (Lipinski definition) is 3. The number of aliphatic carboxylic acids is 1. The van der Waals surface area contributed by atoms with Crippen molar-refractivity contribution in [3.05, 3.63) is 0 Å². The van der Waals surface area contributed by atoms with Gasteiger partial charge in [0.2, 0.25) is 0 Å². The van der Waals surface area contributed by atoms with Crippen LogP contribution >= 0.6 is 11.8 Å². The van der Waals surface area contributed by atoms with E-state index in [0.717, 1.165) is 12.8 Å². The van der Waals surface area contributed by atoms with Crippen LogP contribution < -0.4 is 10.6 Å². The van der Waals surface area contributed by atoms with Gasteiger partial charge in [-0.25, -0.2) is 9.59 Å². The lowest BCUT2D eigenvalue weighted by atomic mass is 9.88. The maximum atomic E-state index is 12.1. The third kappa shape index (κ3) is 4.53. The maximum Gasteiger partial charge on any atom is 0.329 e. The molecule has 0 aromatic carbocycles. The lowest BCUT2D eigenvalue weighted by Gasteiger charge is -2.36. The minimum absolute atomic E-state index is 0.111. The smallest absolute Gasteiger partial charge is 0.329 e. The number of rotatable bonds is 7. The molecule has 0 aliphatic heterocycles. The molecule has 6 heteroatoms. The van der Waals surface area contributed by atoms with Crippen LogP contribution in [-0.4, -0.2) is 40.2 Å². The number of carbonyl (C=O) groups excluding carboxylic acids is 1. The Bertz CT molecular complexity index is 364. The quantitative estimate of drug-likeness (QED) is 0.674. The number of thioether (sulfide) groups is 1. The zero-order valence-corrected chi connectivity index (χ0v) is 14.1. The molecule has 0 saturated heterocycles. The van der Waals surface area contributed by atoms with Gasteiger partial charge in [0, 0.05) is 11.3 Å². The average molecular weight is 316 g/mol. The van der Waals surface area contributed by atoms with E-state index in [1.807, 2.05) is 11.8 Å². The van der Waals surface area contributed by atoms with Gasteiger partial charge in [-0.15, -0.1) is 0 Å². The zero-order chi connectivity index (χ0) is 15.9. The summed E-state index contributed by atoms with van der Waals surface area (Å²) in [6.07, 6.45) is 8.73. The van der Waals surface area contributed by atoms with Gasteiger partial charge in [-0.3, -0.25) is 0 Å². The zero-order valence-electron chi connectivity index (χ0n) is 13.3. The number of carboxylic acid groups (broad SMARTS) is 1. The highest BCUT2D eigenvalue weighted by atomic mass is 32.2. The molecule has 0 heterocycles. The Balaban J connectivity index is 2.58. The molecular weight excluding hydrogens is 288 g/mol. The lowest BCUT2D eigenvalue weighted by Crippen LogP contribution is -2.57. The van der Waals surface area contributed by atoms with Crippen LogP contribution in [0.4, 0.5) is 4.79 Å². The van der Waals surface area contributed by atoms with E-state index in [2.05, 4.69) is 16.9 Å². The monoisotopic (exact) mass is 316 g/mol. The largest absolute Gasteiger partial charge is 0.480 e. The molecule has 5 nitrogen and oxygen atoms in total. The molecule has 0 bridgehead atoms. The van der Waals surface area contributed by atoms with E-state index in [1.165, 1.54) is 19.3 Å². The Hall–Kier alpha value is -0.910. The summed E-state index contributed by atoms with van der Waals surface area (Å²) in [5.41, 5.74) is -1.16. The topological polar surface area (TPSA) is 78.4 Å². The molecule has 0 aromatic rings. The van der Waals surface area contributed by atoms with Crippen molar-refractivity contribution < 1.29 is 14.7 Å². The highest BCUT2D eigenvalue weighted by Crippen LogP contribution is 2.37. The summed E-state index contributed by atoms with van der Waals surface area (Å²) in [5.74, 6) is -0.972. The van der Waals surface area contributed by atoms with Gasteiger partial charge in [0.15, 0.2) is 0 Å². The predicted molar refractivity (Wildman–Crippen MR) is 86.8 cm³/mol. The normalized spacial score (nSPS) is 18.0. The van der Waals surface area contributed by atoms with Crippen molar-refractivity contribution in [1.82, 2.24) is 10.6 Å². The highest BCUT2D eigenvalue weighted by Gasteiger charge is 2.37. The molecule has 1 fully saturated rings. The molecule has 1 aliphatic rings. The van der Waals surface area contributed by atoms with Gasteiger partial charge >= 0.3 is 12.0 Å². The van der Waals surface area contributed by atoms with Crippen LogP contribution in [0.1, 0.15) is 58.8 Å². The van der Waals surface area contributed by atoms with Crippen molar-refractivity contribution in [3.63, 3.8) is 0 Å². The third-order valence-electron chi connectivity index (χ3n) is 4.74. The van der Waals surface area contributed by atoms with E-state index in [4.69, 9.17) is 0 Å². The van der Waals surface area contributed by atoms with E-state index in [0.29, 0.717) is 19.4 Å². The van der Waals surface area contributed by atoms with E-state index in [-0.39, 0.29) is 10.8 Å². The molecule has 1 saturated carbocycles. The standard InChI is InChI=1S/C15H28N2O3S/c1-4-15(5-2,12(18)19)17-13(20)16-11-14(21-3)9-7-6-8-10-14/h4-11H2,1-3H3,(H,18,19)(H2,16,17,20). The predicted octanol–water partition coefficient (Wildman–Crippen LogP) is 2.99. The minimum atomic E-state index is -1.16. The SMILES string of the molecule is CCC(CC)(NC(=O)NCC1(SC)CCCCC1)C(=O)O. The molecule has 0 radical (unpaired) electrons. The molecule has 122 valence electrons. The summed E-state index contributed by atoms with van der Waals surface area (Å²) in [5, 5.41) is 14.9. The Labute approximate surface area is 131 Å². The molecule has 0 spiro atoms. The van der Waals surface area contributed by atoms with Crippen LogP contribution in [0.5, 0.6) is 0 Å². The first kappa shape index (κ1) is 18.1. The summed E-state index contributed by atoms with van der Waals surface area (Å²) in [4.78, 5) is 23.5. The van der Waals surface area contributed by atoms with E-state index >= 15 is 0 Å². The van der Waals surface area contributed by atoms with Crippen LogP contribution in [0.25, 0.3) is 0 Å². The highest BCUT2D eigenvalue weighted by molar-refractivity contribution is 8.00. The summed E-state index contributed by atoms with van der Waals surface area (Å²) in [7, 11) is 0. The third-order valence-corrected chi connectivity index (χ3v) is 6.16. The molecule has 1 rings (SSSR count). The summed E-state index contributed by atoms with van der Waals surface area (Å²) in [6.45, 7) is 4.16. The number of carboxylic acids is 1. The van der Waals surface area contributed by atoms with Crippen molar-refractivity contribution in [2.45, 2.75) is 69.1 Å². The van der Waals surface area contributed by atoms with Gasteiger partial charge < -0.3 is 15.7 Å². The summed E-state index contributed by atoms with van der Waals surface area (Å²) < 4.78 is 0.111. The van der Waals surface area contributed by atoms with E-state index < -0.39 is 11.5 Å². The Morgan fingerprint density at radius 1 is 1.19 bits per heavy atom. The number of hydrogen-bond acceptors (Lipinski definition) is 3. The van der Waals surface area contributed by atoms with Crippen molar-refractivity contribution in [2.24, 2.45) is 0 Å². The van der Waals surface area contributed by atoms with Gasteiger partial charge in [0.25, 0.3) is 0 Å². The number of amides is 2. The van der Waals surface area contributed by atoms with Gasteiger partial charge in [-0.1, -0.05) is 33.1 Å². The Morgan fingerprint density at radius 3 is 2.19 bits per heavy atom. The number of carbonyl (C=O) groups is 2. The van der Waals surface area contributed by atoms with Gasteiger partial charge in [0.05, 0.1) is 0 Å². The Kier molecular flexibility index (Phi) is 6.84. The van der Waals surface area contributed by atoms with Crippen LogP contribution in [-0.2, 0) is 4.79 Å². The molecule has 21 heavy (non-hydrogen) atoms. The van der Waals surface area contributed by atoms with Crippen LogP contribution in [0, 0.1) is 0 Å². The van der Waals surface area contributed by atoms with Crippen LogP contribution in [0.2, 0.25) is 0 Å². The molecule has 1 aliphatic carbocycles. The molecule has 0 aromatic heterocycles. The molecular formula is C15H28N2O3S. The van der Waals surface area contributed by atoms with Crippen molar-refractivity contribution in [1.29, 1.82) is 0 Å². The van der Waals surface area contributed by atoms with Gasteiger partial charge in [-0.05, 0) is 31.9 Å². The van der Waals surface area contributed by atoms with Gasteiger partial charge in [-0.2, -0.15) is 11.8 Å². The number of nitrogens with one attached hydrogen (secondary N) is 2. The maximum absolute atomic E-state index is 12.1. The summed E-state index contributed by atoms with van der Waals surface area (Å²) in [6, 6.07) is -0.375. The van der Waals surface area contributed by atoms with Crippen molar-refractivity contribution in [2.75, 3.05) is 12.8 Å². The molecule has 0 atom stereocenters. The first-order chi connectivity index (χ1) is 9.93.